The van der Waals surface area contributed by atoms with Gasteiger partial charge in [-0.3, -0.25) is 9.79 Å². The summed E-state index contributed by atoms with van der Waals surface area (Å²) in [4.78, 5) is 16.0. The van der Waals surface area contributed by atoms with Gasteiger partial charge in [-0.25, -0.2) is 0 Å². The number of hydrogen-bond donors (Lipinski definition) is 3. The zero-order valence-corrected chi connectivity index (χ0v) is 18.9. The average molecular weight is 504 g/mol. The van der Waals surface area contributed by atoms with Crippen LogP contribution < -0.4 is 16.0 Å². The van der Waals surface area contributed by atoms with E-state index in [9.17, 15) is 4.79 Å². The summed E-state index contributed by atoms with van der Waals surface area (Å²) in [6.07, 6.45) is 3.09. The number of ether oxygens (including phenoxy) is 2. The third-order valence-electron chi connectivity index (χ3n) is 4.42. The van der Waals surface area contributed by atoms with Gasteiger partial charge in [0.1, 0.15) is 0 Å². The Kier molecular flexibility index (Phi) is 13.7. The van der Waals surface area contributed by atoms with Crippen molar-refractivity contribution in [1.82, 2.24) is 16.0 Å². The molecule has 1 aliphatic heterocycles. The molecule has 0 unspecified atom stereocenters. The molecular formula is C20H33IN4O3. The Labute approximate surface area is 185 Å². The van der Waals surface area contributed by atoms with Crippen molar-refractivity contribution >= 4 is 35.8 Å². The predicted octanol–water partition coefficient (Wildman–Crippen LogP) is 1.92. The lowest BCUT2D eigenvalue weighted by atomic mass is 10.0. The number of nitrogens with zero attached hydrogens (tertiary/aromatic N) is 1. The van der Waals surface area contributed by atoms with Crippen molar-refractivity contribution in [1.29, 1.82) is 0 Å². The first-order valence-electron chi connectivity index (χ1n) is 9.68. The highest BCUT2D eigenvalue weighted by Gasteiger charge is 2.13. The number of amides is 1. The summed E-state index contributed by atoms with van der Waals surface area (Å²) >= 11 is 0. The number of benzene rings is 1. The highest BCUT2D eigenvalue weighted by Crippen LogP contribution is 2.14. The van der Waals surface area contributed by atoms with Gasteiger partial charge >= 0.3 is 0 Å². The number of halogens is 1. The van der Waals surface area contributed by atoms with Crippen LogP contribution in [0.3, 0.4) is 0 Å². The smallest absolute Gasteiger partial charge is 0.239 e. The lowest BCUT2D eigenvalue weighted by Crippen LogP contribution is -2.43. The van der Waals surface area contributed by atoms with E-state index in [4.69, 9.17) is 9.47 Å². The van der Waals surface area contributed by atoms with Crippen molar-refractivity contribution in [2.45, 2.75) is 25.8 Å². The van der Waals surface area contributed by atoms with Crippen molar-refractivity contribution in [3.63, 3.8) is 0 Å². The molecule has 0 atom stereocenters. The summed E-state index contributed by atoms with van der Waals surface area (Å²) in [6.45, 7) is 4.72. The fourth-order valence-electron chi connectivity index (χ4n) is 2.79. The number of aliphatic imine (C=N–C) groups is 1. The largest absolute Gasteiger partial charge is 0.381 e. The molecular weight excluding hydrogens is 471 g/mol. The average Bonchev–Trinajstić information content (AvgIpc) is 2.72. The van der Waals surface area contributed by atoms with Gasteiger partial charge in [0.05, 0.1) is 6.54 Å². The van der Waals surface area contributed by atoms with E-state index in [0.717, 1.165) is 57.8 Å². The van der Waals surface area contributed by atoms with E-state index in [2.05, 4.69) is 20.9 Å². The zero-order chi connectivity index (χ0) is 19.2. The van der Waals surface area contributed by atoms with Gasteiger partial charge in [-0.05, 0) is 30.7 Å². The van der Waals surface area contributed by atoms with E-state index < -0.39 is 0 Å². The van der Waals surface area contributed by atoms with E-state index in [0.29, 0.717) is 18.4 Å². The van der Waals surface area contributed by atoms with Crippen molar-refractivity contribution in [2.24, 2.45) is 10.9 Å². The minimum Gasteiger partial charge on any atom is -0.381 e. The van der Waals surface area contributed by atoms with Gasteiger partial charge < -0.3 is 25.4 Å². The molecule has 0 spiro atoms. The number of nitrogens with one attached hydrogen (secondary N) is 3. The Balaban J connectivity index is 0.00000392. The molecule has 0 aromatic heterocycles. The van der Waals surface area contributed by atoms with Crippen molar-refractivity contribution in [2.75, 3.05) is 46.6 Å². The minimum atomic E-state index is -0.0680. The van der Waals surface area contributed by atoms with Crippen molar-refractivity contribution in [3.05, 3.63) is 35.9 Å². The van der Waals surface area contributed by atoms with Gasteiger partial charge in [0.25, 0.3) is 0 Å². The molecule has 7 nitrogen and oxygen atoms in total. The molecule has 3 N–H and O–H groups in total. The lowest BCUT2D eigenvalue weighted by Gasteiger charge is -2.21. The number of carbonyl (C=O) groups excluding carboxylic acids is 1. The molecule has 1 heterocycles. The van der Waals surface area contributed by atoms with Crippen molar-refractivity contribution in [3.8, 4) is 0 Å². The van der Waals surface area contributed by atoms with Gasteiger partial charge in [0, 0.05) is 46.6 Å². The van der Waals surface area contributed by atoms with Gasteiger partial charge in [0.2, 0.25) is 5.91 Å². The van der Waals surface area contributed by atoms with Crippen LogP contribution in [0.1, 0.15) is 24.8 Å². The Morgan fingerprint density at radius 2 is 1.93 bits per heavy atom. The second-order valence-electron chi connectivity index (χ2n) is 6.60. The maximum Gasteiger partial charge on any atom is 0.239 e. The van der Waals surface area contributed by atoms with Gasteiger partial charge in [-0.2, -0.15) is 0 Å². The van der Waals surface area contributed by atoms with Crippen LogP contribution in [-0.2, 0) is 20.8 Å². The van der Waals surface area contributed by atoms with E-state index in [1.807, 2.05) is 30.3 Å². The maximum absolute atomic E-state index is 11.9. The predicted molar refractivity (Wildman–Crippen MR) is 122 cm³/mol. The first kappa shape index (κ1) is 24.6. The van der Waals surface area contributed by atoms with E-state index in [1.54, 1.807) is 7.05 Å². The molecule has 0 aliphatic carbocycles. The second-order valence-corrected chi connectivity index (χ2v) is 6.60. The van der Waals surface area contributed by atoms with Crippen LogP contribution in [-0.4, -0.2) is 58.4 Å². The van der Waals surface area contributed by atoms with Gasteiger partial charge in [-0.1, -0.05) is 30.3 Å². The molecule has 0 bridgehead atoms. The lowest BCUT2D eigenvalue weighted by molar-refractivity contribution is -0.120. The van der Waals surface area contributed by atoms with Crippen LogP contribution in [0.4, 0.5) is 0 Å². The zero-order valence-electron chi connectivity index (χ0n) is 16.6. The third kappa shape index (κ3) is 10.8. The Hall–Kier alpha value is -1.39. The SMILES string of the molecule is CN=C(NCCCOCC1CCOCC1)NCC(=O)NCc1ccccc1.I. The standard InChI is InChI=1S/C20H32N4O3.HI/c1-21-20(22-10-5-11-27-16-18-8-12-26-13-9-18)24-15-19(25)23-14-17-6-3-2-4-7-17;/h2-4,6-7,18H,5,8-16H2,1H3,(H,23,25)(H2,21,22,24);1H. The first-order chi connectivity index (χ1) is 13.3. The van der Waals surface area contributed by atoms with Crippen LogP contribution in [0.2, 0.25) is 0 Å². The topological polar surface area (TPSA) is 84.0 Å². The van der Waals surface area contributed by atoms with Crippen LogP contribution in [0, 0.1) is 5.92 Å². The first-order valence-corrected chi connectivity index (χ1v) is 9.68. The van der Waals surface area contributed by atoms with E-state index in [-0.39, 0.29) is 36.4 Å². The summed E-state index contributed by atoms with van der Waals surface area (Å²) in [6, 6.07) is 9.84. The number of rotatable bonds is 10. The van der Waals surface area contributed by atoms with Crippen LogP contribution in [0.25, 0.3) is 0 Å². The second kappa shape index (κ2) is 15.5. The molecule has 2 rings (SSSR count). The number of hydrogen-bond acceptors (Lipinski definition) is 4. The summed E-state index contributed by atoms with van der Waals surface area (Å²) in [5, 5.41) is 9.10. The molecule has 0 radical (unpaired) electrons. The molecule has 158 valence electrons. The van der Waals surface area contributed by atoms with Crippen molar-refractivity contribution < 1.29 is 14.3 Å². The van der Waals surface area contributed by atoms with E-state index in [1.165, 1.54) is 0 Å². The van der Waals surface area contributed by atoms with Gasteiger partial charge in [0.15, 0.2) is 5.96 Å². The summed E-state index contributed by atoms with van der Waals surface area (Å²) < 4.78 is 11.1. The summed E-state index contributed by atoms with van der Waals surface area (Å²) in [5.41, 5.74) is 1.08. The molecule has 1 amide bonds. The Morgan fingerprint density at radius 3 is 2.64 bits per heavy atom. The molecule has 1 saturated heterocycles. The van der Waals surface area contributed by atoms with E-state index >= 15 is 0 Å². The quantitative estimate of drug-likeness (QED) is 0.196. The summed E-state index contributed by atoms with van der Waals surface area (Å²) in [7, 11) is 1.69. The molecule has 28 heavy (non-hydrogen) atoms. The summed E-state index contributed by atoms with van der Waals surface area (Å²) in [5.74, 6) is 1.19. The minimum absolute atomic E-state index is 0. The van der Waals surface area contributed by atoms with Gasteiger partial charge in [-0.15, -0.1) is 24.0 Å². The fourth-order valence-corrected chi connectivity index (χ4v) is 2.79. The van der Waals surface area contributed by atoms with Crippen LogP contribution in [0.5, 0.6) is 0 Å². The molecule has 1 aliphatic rings. The number of carbonyl (C=O) groups is 1. The number of guanidine groups is 1. The molecule has 0 saturated carbocycles. The van der Waals surface area contributed by atoms with Crippen LogP contribution in [0.15, 0.2) is 35.3 Å². The normalized spacial score (nSPS) is 14.8. The Bertz CT molecular complexity index is 566. The Morgan fingerprint density at radius 1 is 1.18 bits per heavy atom. The highest BCUT2D eigenvalue weighted by atomic mass is 127. The van der Waals surface area contributed by atoms with Crippen LogP contribution >= 0.6 is 24.0 Å². The molecule has 1 aromatic rings. The maximum atomic E-state index is 11.9. The monoisotopic (exact) mass is 504 g/mol. The molecule has 1 aromatic carbocycles. The third-order valence-corrected chi connectivity index (χ3v) is 4.42. The molecule has 8 heteroatoms. The highest BCUT2D eigenvalue weighted by molar-refractivity contribution is 14.0. The fraction of sp³-hybridized carbons (Fsp3) is 0.600. The molecule has 1 fully saturated rings.